The summed E-state index contributed by atoms with van der Waals surface area (Å²) in [5, 5.41) is 4.64. The molecule has 0 amide bonds. The third-order valence-corrected chi connectivity index (χ3v) is 5.60. The van der Waals surface area contributed by atoms with Crippen LogP contribution in [0, 0.1) is 12.8 Å². The van der Waals surface area contributed by atoms with Gasteiger partial charge in [0, 0.05) is 40.6 Å². The molecule has 22 heavy (non-hydrogen) atoms. The maximum Gasteiger partial charge on any atom is 0.185 e. The number of fused-ring (bicyclic) bond motifs is 1. The van der Waals surface area contributed by atoms with Gasteiger partial charge in [-0.2, -0.15) is 0 Å². The second kappa shape index (κ2) is 5.43. The maximum atomic E-state index is 4.94. The van der Waals surface area contributed by atoms with E-state index in [1.54, 1.807) is 11.3 Å². The van der Waals surface area contributed by atoms with Crippen LogP contribution in [0.3, 0.4) is 0 Å². The van der Waals surface area contributed by atoms with E-state index in [2.05, 4.69) is 53.4 Å². The number of aromatic amines is 1. The molecule has 0 unspecified atom stereocenters. The van der Waals surface area contributed by atoms with Crippen molar-refractivity contribution >= 4 is 27.4 Å². The number of para-hydroxylation sites is 1. The van der Waals surface area contributed by atoms with Crippen molar-refractivity contribution in [2.45, 2.75) is 26.7 Å². The van der Waals surface area contributed by atoms with Crippen LogP contribution in [0.2, 0.25) is 0 Å². The van der Waals surface area contributed by atoms with Crippen LogP contribution >= 0.6 is 11.3 Å². The molecule has 1 aliphatic rings. The molecule has 114 valence electrons. The first-order valence-corrected chi connectivity index (χ1v) is 8.88. The first kappa shape index (κ1) is 13.8. The third kappa shape index (κ3) is 2.31. The lowest BCUT2D eigenvalue weighted by atomic mass is 10.00. The zero-order valence-electron chi connectivity index (χ0n) is 13.1. The lowest BCUT2D eigenvalue weighted by Gasteiger charge is -2.29. The van der Waals surface area contributed by atoms with Crippen LogP contribution in [0.4, 0.5) is 5.13 Å². The van der Waals surface area contributed by atoms with Crippen LogP contribution in [0.25, 0.3) is 22.2 Å². The van der Waals surface area contributed by atoms with E-state index >= 15 is 0 Å². The number of nitrogens with zero attached hydrogens (tertiary/aromatic N) is 2. The molecule has 1 aliphatic heterocycles. The predicted molar refractivity (Wildman–Crippen MR) is 94.8 cm³/mol. The first-order chi connectivity index (χ1) is 10.7. The Kier molecular flexibility index (Phi) is 3.41. The normalized spacial score (nSPS) is 16.5. The Hall–Kier alpha value is -1.81. The van der Waals surface area contributed by atoms with Gasteiger partial charge in [-0.1, -0.05) is 25.1 Å². The second-order valence-electron chi connectivity index (χ2n) is 6.36. The van der Waals surface area contributed by atoms with Gasteiger partial charge in [0.2, 0.25) is 0 Å². The highest BCUT2D eigenvalue weighted by molar-refractivity contribution is 7.14. The summed E-state index contributed by atoms with van der Waals surface area (Å²) in [6.07, 6.45) is 2.56. The summed E-state index contributed by atoms with van der Waals surface area (Å²) in [5.41, 5.74) is 4.75. The van der Waals surface area contributed by atoms with Crippen LogP contribution in [0.15, 0.2) is 29.6 Å². The van der Waals surface area contributed by atoms with Crippen LogP contribution in [0.1, 0.15) is 25.5 Å². The largest absolute Gasteiger partial charge is 0.358 e. The SMILES string of the molecule is Cc1[nH]c2ccccc2c1-c1csc(N2CCC(C)CC2)n1. The fourth-order valence-electron chi connectivity index (χ4n) is 3.33. The molecule has 0 spiro atoms. The number of thiazole rings is 1. The molecular weight excluding hydrogens is 290 g/mol. The molecule has 4 rings (SSSR count). The molecule has 0 saturated carbocycles. The molecule has 2 aromatic heterocycles. The van der Waals surface area contributed by atoms with Gasteiger partial charge >= 0.3 is 0 Å². The summed E-state index contributed by atoms with van der Waals surface area (Å²) in [5.74, 6) is 0.853. The highest BCUT2D eigenvalue weighted by atomic mass is 32.1. The summed E-state index contributed by atoms with van der Waals surface area (Å²) in [6, 6.07) is 8.47. The molecule has 1 aromatic carbocycles. The average Bonchev–Trinajstić information content (AvgIpc) is 3.11. The van der Waals surface area contributed by atoms with Gasteiger partial charge in [0.1, 0.15) is 0 Å². The lowest BCUT2D eigenvalue weighted by Crippen LogP contribution is -2.32. The van der Waals surface area contributed by atoms with Gasteiger partial charge in [-0.15, -0.1) is 11.3 Å². The number of hydrogen-bond acceptors (Lipinski definition) is 3. The molecule has 0 bridgehead atoms. The monoisotopic (exact) mass is 311 g/mol. The van der Waals surface area contributed by atoms with E-state index in [9.17, 15) is 0 Å². The van der Waals surface area contributed by atoms with Gasteiger partial charge in [0.15, 0.2) is 5.13 Å². The van der Waals surface area contributed by atoms with Crippen LogP contribution in [0.5, 0.6) is 0 Å². The molecule has 0 radical (unpaired) electrons. The zero-order chi connectivity index (χ0) is 15.1. The molecule has 4 heteroatoms. The molecule has 0 atom stereocenters. The van der Waals surface area contributed by atoms with Crippen molar-refractivity contribution in [3.63, 3.8) is 0 Å². The molecule has 0 aliphatic carbocycles. The number of benzene rings is 1. The number of hydrogen-bond donors (Lipinski definition) is 1. The molecule has 1 saturated heterocycles. The van der Waals surface area contributed by atoms with Crippen molar-refractivity contribution in [1.82, 2.24) is 9.97 Å². The van der Waals surface area contributed by atoms with Gasteiger partial charge < -0.3 is 9.88 Å². The molecule has 3 heterocycles. The Balaban J connectivity index is 1.70. The molecular formula is C18H21N3S. The summed E-state index contributed by atoms with van der Waals surface area (Å²) >= 11 is 1.77. The quantitative estimate of drug-likeness (QED) is 0.734. The predicted octanol–water partition coefficient (Wildman–Crippen LogP) is 4.84. The smallest absolute Gasteiger partial charge is 0.185 e. The molecule has 3 nitrogen and oxygen atoms in total. The van der Waals surface area contributed by atoms with Gasteiger partial charge in [-0.25, -0.2) is 4.98 Å². The summed E-state index contributed by atoms with van der Waals surface area (Å²) in [7, 11) is 0. The topological polar surface area (TPSA) is 31.9 Å². The Morgan fingerprint density at radius 2 is 2.00 bits per heavy atom. The minimum absolute atomic E-state index is 0.853. The molecule has 3 aromatic rings. The van der Waals surface area contributed by atoms with Gasteiger partial charge in [0.05, 0.1) is 5.69 Å². The van der Waals surface area contributed by atoms with Crippen molar-refractivity contribution in [3.05, 3.63) is 35.3 Å². The summed E-state index contributed by atoms with van der Waals surface area (Å²) in [4.78, 5) is 10.9. The zero-order valence-corrected chi connectivity index (χ0v) is 13.9. The summed E-state index contributed by atoms with van der Waals surface area (Å²) in [6.45, 7) is 6.76. The fraction of sp³-hybridized carbons (Fsp3) is 0.389. The van der Waals surface area contributed by atoms with Crippen molar-refractivity contribution in [3.8, 4) is 11.3 Å². The Morgan fingerprint density at radius 3 is 2.82 bits per heavy atom. The van der Waals surface area contributed by atoms with E-state index in [4.69, 9.17) is 4.98 Å². The standard InChI is InChI=1S/C18H21N3S/c1-12-7-9-21(10-8-12)18-20-16(11-22-18)17-13(2)19-15-6-4-3-5-14(15)17/h3-6,11-12,19H,7-10H2,1-2H3. The van der Waals surface area contributed by atoms with E-state index in [-0.39, 0.29) is 0 Å². The van der Waals surface area contributed by atoms with Crippen LogP contribution < -0.4 is 4.90 Å². The summed E-state index contributed by atoms with van der Waals surface area (Å²) < 4.78 is 0. The Labute approximate surface area is 135 Å². The number of rotatable bonds is 2. The van der Waals surface area contributed by atoms with Crippen LogP contribution in [-0.2, 0) is 0 Å². The first-order valence-electron chi connectivity index (χ1n) is 8.00. The number of H-pyrrole nitrogens is 1. The molecule has 1 N–H and O–H groups in total. The van der Waals surface area contributed by atoms with Gasteiger partial charge in [0.25, 0.3) is 0 Å². The van der Waals surface area contributed by atoms with E-state index in [1.807, 2.05) is 0 Å². The van der Waals surface area contributed by atoms with Crippen molar-refractivity contribution in [2.24, 2.45) is 5.92 Å². The number of aromatic nitrogens is 2. The van der Waals surface area contributed by atoms with Crippen molar-refractivity contribution in [1.29, 1.82) is 0 Å². The van der Waals surface area contributed by atoms with Crippen molar-refractivity contribution < 1.29 is 0 Å². The van der Waals surface area contributed by atoms with E-state index in [0.717, 1.165) is 24.7 Å². The van der Waals surface area contributed by atoms with Crippen molar-refractivity contribution in [2.75, 3.05) is 18.0 Å². The number of piperidine rings is 1. The second-order valence-corrected chi connectivity index (χ2v) is 7.19. The lowest BCUT2D eigenvalue weighted by molar-refractivity contribution is 0.438. The Morgan fingerprint density at radius 1 is 1.23 bits per heavy atom. The number of nitrogens with one attached hydrogen (secondary N) is 1. The minimum atomic E-state index is 0.853. The fourth-order valence-corrected chi connectivity index (χ4v) is 4.20. The van der Waals surface area contributed by atoms with Gasteiger partial charge in [-0.05, 0) is 31.7 Å². The minimum Gasteiger partial charge on any atom is -0.358 e. The van der Waals surface area contributed by atoms with E-state index < -0.39 is 0 Å². The maximum absolute atomic E-state index is 4.94. The highest BCUT2D eigenvalue weighted by Gasteiger charge is 2.20. The van der Waals surface area contributed by atoms with E-state index in [0.29, 0.717) is 0 Å². The molecule has 1 fully saturated rings. The van der Waals surface area contributed by atoms with Crippen LogP contribution in [-0.4, -0.2) is 23.1 Å². The number of aryl methyl sites for hydroxylation is 1. The highest BCUT2D eigenvalue weighted by Crippen LogP contribution is 2.35. The van der Waals surface area contributed by atoms with Gasteiger partial charge in [-0.3, -0.25) is 0 Å². The average molecular weight is 311 g/mol. The Bertz CT molecular complexity index is 794. The third-order valence-electron chi connectivity index (χ3n) is 4.70. The number of anilines is 1. The van der Waals surface area contributed by atoms with E-state index in [1.165, 1.54) is 40.1 Å².